The van der Waals surface area contributed by atoms with Crippen LogP contribution in [0.15, 0.2) is 42.5 Å². The molecule has 4 rings (SSSR count). The largest absolute Gasteiger partial charge is 0.497 e. The van der Waals surface area contributed by atoms with Crippen LogP contribution in [0.5, 0.6) is 5.75 Å². The van der Waals surface area contributed by atoms with E-state index in [0.29, 0.717) is 12.2 Å². The first kappa shape index (κ1) is 27.3. The van der Waals surface area contributed by atoms with Crippen LogP contribution in [-0.4, -0.2) is 77.1 Å². The van der Waals surface area contributed by atoms with Gasteiger partial charge in [0.05, 0.1) is 20.2 Å². The molecule has 2 heterocycles. The fraction of sp³-hybridized carbons (Fsp3) is 0.444. The van der Waals surface area contributed by atoms with Crippen molar-refractivity contribution in [1.29, 1.82) is 0 Å². The number of hydrogen-bond donors (Lipinski definition) is 1. The van der Waals surface area contributed by atoms with E-state index in [1.165, 1.54) is 25.9 Å². The van der Waals surface area contributed by atoms with Crippen molar-refractivity contribution < 1.29 is 27.9 Å². The number of carbonyl (C=O) groups is 3. The van der Waals surface area contributed by atoms with Crippen molar-refractivity contribution in [3.8, 4) is 5.75 Å². The van der Waals surface area contributed by atoms with E-state index in [1.54, 1.807) is 26.3 Å². The lowest BCUT2D eigenvalue weighted by Gasteiger charge is -2.54. The zero-order valence-corrected chi connectivity index (χ0v) is 22.0. The molecular formula is C27H33F2N5O4. The molecule has 2 aromatic rings. The van der Waals surface area contributed by atoms with Gasteiger partial charge in [0.2, 0.25) is 11.8 Å². The van der Waals surface area contributed by atoms with Crippen LogP contribution < -0.4 is 10.1 Å². The quantitative estimate of drug-likeness (QED) is 0.596. The van der Waals surface area contributed by atoms with Crippen LogP contribution in [0.3, 0.4) is 0 Å². The molecule has 2 aromatic carbocycles. The van der Waals surface area contributed by atoms with Gasteiger partial charge in [-0.3, -0.25) is 9.59 Å². The summed E-state index contributed by atoms with van der Waals surface area (Å²) in [7, 11) is 3.21. The minimum Gasteiger partial charge on any atom is -0.497 e. The normalized spacial score (nSPS) is 20.1. The Bertz CT molecular complexity index is 1190. The van der Waals surface area contributed by atoms with Crippen LogP contribution >= 0.6 is 0 Å². The smallest absolute Gasteiger partial charge is 0.334 e. The highest BCUT2D eigenvalue weighted by atomic mass is 19.1. The molecule has 38 heavy (non-hydrogen) atoms. The summed E-state index contributed by atoms with van der Waals surface area (Å²) < 4.78 is 33.1. The number of fused-ring (bicyclic) bond motifs is 1. The predicted molar refractivity (Wildman–Crippen MR) is 135 cm³/mol. The van der Waals surface area contributed by atoms with Crippen LogP contribution in [0.2, 0.25) is 0 Å². The van der Waals surface area contributed by atoms with Gasteiger partial charge in [-0.2, -0.15) is 0 Å². The van der Waals surface area contributed by atoms with Crippen molar-refractivity contribution >= 4 is 17.8 Å². The molecule has 0 aliphatic carbocycles. The van der Waals surface area contributed by atoms with Crippen molar-refractivity contribution in [2.75, 3.05) is 27.2 Å². The second-order valence-corrected chi connectivity index (χ2v) is 10.0. The number of hydrogen-bond acceptors (Lipinski definition) is 5. The third kappa shape index (κ3) is 5.72. The number of nitrogens with one attached hydrogen (secondary N) is 1. The molecule has 4 amide bonds. The van der Waals surface area contributed by atoms with Gasteiger partial charge in [-0.25, -0.2) is 23.6 Å². The predicted octanol–water partition coefficient (Wildman–Crippen LogP) is 2.96. The Labute approximate surface area is 220 Å². The maximum absolute atomic E-state index is 14.5. The second kappa shape index (κ2) is 11.3. The first-order valence-corrected chi connectivity index (χ1v) is 12.5. The summed E-state index contributed by atoms with van der Waals surface area (Å²) >= 11 is 0. The number of methoxy groups -OCH3 is 1. The molecule has 0 radical (unpaired) electrons. The Hall–Kier alpha value is -3.73. The Balaban J connectivity index is 1.60. The third-order valence-corrected chi connectivity index (χ3v) is 6.82. The first-order valence-electron chi connectivity index (χ1n) is 12.5. The van der Waals surface area contributed by atoms with Crippen LogP contribution in [0.25, 0.3) is 0 Å². The van der Waals surface area contributed by atoms with Gasteiger partial charge in [-0.15, -0.1) is 0 Å². The number of ether oxygens (including phenoxy) is 1. The van der Waals surface area contributed by atoms with E-state index in [4.69, 9.17) is 4.74 Å². The van der Waals surface area contributed by atoms with Crippen LogP contribution in [0.1, 0.15) is 31.4 Å². The van der Waals surface area contributed by atoms with E-state index < -0.39 is 29.9 Å². The number of benzene rings is 2. The lowest BCUT2D eigenvalue weighted by atomic mass is 9.96. The molecular weight excluding hydrogens is 496 g/mol. The lowest BCUT2D eigenvalue weighted by molar-refractivity contribution is -0.188. The van der Waals surface area contributed by atoms with E-state index in [9.17, 15) is 23.2 Å². The fourth-order valence-corrected chi connectivity index (χ4v) is 4.98. The van der Waals surface area contributed by atoms with Crippen molar-refractivity contribution in [3.05, 3.63) is 65.2 Å². The zero-order chi connectivity index (χ0) is 27.6. The summed E-state index contributed by atoms with van der Waals surface area (Å²) in [6, 6.07) is 9.25. The average molecular weight is 530 g/mol. The summed E-state index contributed by atoms with van der Waals surface area (Å²) in [4.78, 5) is 43.1. The third-order valence-electron chi connectivity index (χ3n) is 6.82. The molecule has 1 N–H and O–H groups in total. The SMILES string of the molecule is COc1ccc(CNC(=O)N2C3CN(Cc4ccc(F)cc4F)C(=O)C(CC(C)C)N3C(=O)CN2C)cc1. The number of piperazine rings is 1. The zero-order valence-electron chi connectivity index (χ0n) is 22.0. The summed E-state index contributed by atoms with van der Waals surface area (Å²) in [5.41, 5.74) is 1.01. The summed E-state index contributed by atoms with van der Waals surface area (Å²) in [6.45, 7) is 3.94. The number of rotatable bonds is 7. The molecule has 9 nitrogen and oxygen atoms in total. The molecule has 0 bridgehead atoms. The van der Waals surface area contributed by atoms with Gasteiger partial charge in [0.15, 0.2) is 0 Å². The first-order chi connectivity index (χ1) is 18.1. The molecule has 2 aliphatic heterocycles. The van der Waals surface area contributed by atoms with Gasteiger partial charge in [-0.05, 0) is 36.1 Å². The summed E-state index contributed by atoms with van der Waals surface area (Å²) in [5, 5.41) is 5.87. The Kier molecular flexibility index (Phi) is 8.15. The Morgan fingerprint density at radius 1 is 1.13 bits per heavy atom. The molecule has 2 fully saturated rings. The molecule has 204 valence electrons. The van der Waals surface area contributed by atoms with Gasteiger partial charge >= 0.3 is 6.03 Å². The van der Waals surface area contributed by atoms with Crippen LogP contribution in [-0.2, 0) is 22.7 Å². The Morgan fingerprint density at radius 2 is 1.84 bits per heavy atom. The van der Waals surface area contributed by atoms with Crippen LogP contribution in [0.4, 0.5) is 13.6 Å². The molecule has 0 saturated carbocycles. The summed E-state index contributed by atoms with van der Waals surface area (Å²) in [5.74, 6) is -1.27. The topological polar surface area (TPSA) is 85.4 Å². The number of nitrogens with zero attached hydrogens (tertiary/aromatic N) is 4. The molecule has 0 aromatic heterocycles. The van der Waals surface area contributed by atoms with Gasteiger partial charge in [0, 0.05) is 31.8 Å². The summed E-state index contributed by atoms with van der Waals surface area (Å²) in [6.07, 6.45) is -0.406. The minimum absolute atomic E-state index is 0.0176. The number of urea groups is 1. The molecule has 0 spiro atoms. The highest BCUT2D eigenvalue weighted by Gasteiger charge is 2.50. The Morgan fingerprint density at radius 3 is 2.47 bits per heavy atom. The van der Waals surface area contributed by atoms with Crippen molar-refractivity contribution in [2.24, 2.45) is 5.92 Å². The van der Waals surface area contributed by atoms with E-state index >= 15 is 0 Å². The maximum atomic E-state index is 14.5. The van der Waals surface area contributed by atoms with Gasteiger partial charge in [-0.1, -0.05) is 32.0 Å². The number of halogens is 2. The number of carbonyl (C=O) groups excluding carboxylic acids is 3. The number of amides is 4. The minimum atomic E-state index is -0.810. The van der Waals surface area contributed by atoms with E-state index in [0.717, 1.165) is 17.7 Å². The average Bonchev–Trinajstić information content (AvgIpc) is 2.86. The number of hydrazine groups is 1. The van der Waals surface area contributed by atoms with E-state index in [2.05, 4.69) is 5.32 Å². The highest BCUT2D eigenvalue weighted by Crippen LogP contribution is 2.30. The van der Waals surface area contributed by atoms with E-state index in [-0.39, 0.29) is 49.5 Å². The molecule has 2 atom stereocenters. The van der Waals surface area contributed by atoms with Gasteiger partial charge < -0.3 is 19.9 Å². The highest BCUT2D eigenvalue weighted by molar-refractivity contribution is 5.91. The second-order valence-electron chi connectivity index (χ2n) is 10.0. The van der Waals surface area contributed by atoms with Crippen molar-refractivity contribution in [2.45, 2.75) is 45.6 Å². The van der Waals surface area contributed by atoms with E-state index in [1.807, 2.05) is 26.0 Å². The molecule has 11 heteroatoms. The van der Waals surface area contributed by atoms with Crippen molar-refractivity contribution in [1.82, 2.24) is 25.1 Å². The van der Waals surface area contributed by atoms with Gasteiger partial charge in [0.1, 0.15) is 29.6 Å². The maximum Gasteiger partial charge on any atom is 0.334 e. The number of likely N-dealkylation sites (N-methyl/N-ethyl adjacent to an activating group) is 1. The van der Waals surface area contributed by atoms with Crippen LogP contribution in [0, 0.1) is 17.6 Å². The van der Waals surface area contributed by atoms with Crippen molar-refractivity contribution in [3.63, 3.8) is 0 Å². The fourth-order valence-electron chi connectivity index (χ4n) is 4.98. The lowest BCUT2D eigenvalue weighted by Crippen LogP contribution is -2.75. The molecule has 2 aliphatic rings. The van der Waals surface area contributed by atoms with Gasteiger partial charge in [0.25, 0.3) is 0 Å². The monoisotopic (exact) mass is 529 g/mol. The standard InChI is InChI=1S/C27H33F2N5O4/c1-17(2)11-23-26(36)32(14-19-7-8-20(28)12-22(19)29)15-24-33(23)25(35)16-31(3)34(24)27(37)30-13-18-5-9-21(38-4)10-6-18/h5-10,12,17,23-24H,11,13-16H2,1-4H3,(H,30,37). The molecule has 2 unspecified atom stereocenters. The molecule has 2 saturated heterocycles.